The zero-order chi connectivity index (χ0) is 37.6. The molecule has 0 atom stereocenters. The van der Waals surface area contributed by atoms with Crippen molar-refractivity contribution >= 4 is 69.5 Å². The number of hydrogen-bond acceptors (Lipinski definition) is 6. The Kier molecular flexibility index (Phi) is 11.8. The molecule has 0 saturated carbocycles. The highest BCUT2D eigenvalue weighted by Gasteiger charge is 2.28. The number of amides is 2. The second-order valence-electron chi connectivity index (χ2n) is 13.6. The first-order valence-electron chi connectivity index (χ1n) is 18.0. The predicted molar refractivity (Wildman–Crippen MR) is 219 cm³/mol. The molecule has 0 unspecified atom stereocenters. The third-order valence-corrected chi connectivity index (χ3v) is 10.8. The van der Waals surface area contributed by atoms with Gasteiger partial charge < -0.3 is 30.0 Å². The summed E-state index contributed by atoms with van der Waals surface area (Å²) in [5.41, 5.74) is 5.49. The topological polar surface area (TPSA) is 111 Å². The number of hydrogen-bond donors (Lipinski definition) is 3. The lowest BCUT2D eigenvalue weighted by Gasteiger charge is -2.33. The second-order valence-corrected chi connectivity index (χ2v) is 14.9. The molecule has 2 aliphatic rings. The van der Waals surface area contributed by atoms with E-state index in [0.717, 1.165) is 41.5 Å². The number of nitrogens with zero attached hydrogens (tertiary/aromatic N) is 5. The quantitative estimate of drug-likeness (QED) is 0.127. The van der Waals surface area contributed by atoms with Gasteiger partial charge in [-0.25, -0.2) is 9.97 Å². The summed E-state index contributed by atoms with van der Waals surface area (Å²) in [6.45, 7) is 4.40. The van der Waals surface area contributed by atoms with Gasteiger partial charge in [-0.3, -0.25) is 9.59 Å². The van der Waals surface area contributed by atoms with Crippen LogP contribution in [0.4, 0.5) is 11.5 Å². The number of H-pyrrole nitrogens is 1. The molecule has 2 aliphatic heterocycles. The van der Waals surface area contributed by atoms with Gasteiger partial charge in [-0.15, -0.1) is 0 Å². The molecule has 54 heavy (non-hydrogen) atoms. The van der Waals surface area contributed by atoms with Crippen molar-refractivity contribution in [2.45, 2.75) is 38.3 Å². The number of benzene rings is 3. The van der Waals surface area contributed by atoms with Crippen LogP contribution in [0.2, 0.25) is 15.1 Å². The third-order valence-electron chi connectivity index (χ3n) is 9.93. The highest BCUT2D eigenvalue weighted by Crippen LogP contribution is 2.40. The molecule has 2 fully saturated rings. The molecule has 0 spiro atoms. The standard InChI is InChI=1S/C36H30Cl3N7O2.C5H11N/c37-24-9-8-23(28(39)17-24)19-46-20-41-32(22-5-2-1-3-6-22)34(46)31-27-11-10-25(38)18-30(27)43-33(31)36(48)44-29-7-4-14-40-35(29)45-15-12-26(13-16-45)42-21-47;1-6-4-2-3-5-6/h1-11,14,17-18,20-21,26,43H,12-13,15-16,19H2,(H,42,47)(H,44,48);2-5H2,1H3. The SMILES string of the molecule is CN1CCCC1.O=CNC1CCN(c2ncccc2NC(=O)c2[nH]c3cc(Cl)ccc3c2-c2c(-c3ccccc3)ncn2Cc2ccc(Cl)cc2Cl)CC1. The Balaban J connectivity index is 0.000000684. The van der Waals surface area contributed by atoms with Crippen molar-refractivity contribution in [2.75, 3.05) is 43.4 Å². The maximum absolute atomic E-state index is 14.4. The first kappa shape index (κ1) is 37.4. The number of anilines is 2. The average molecular weight is 784 g/mol. The largest absolute Gasteiger partial charge is 0.356 e. The van der Waals surface area contributed by atoms with Crippen molar-refractivity contribution < 1.29 is 9.59 Å². The molecule has 3 aromatic heterocycles. The van der Waals surface area contributed by atoms with Crippen molar-refractivity contribution in [1.82, 2.24) is 29.7 Å². The Bertz CT molecular complexity index is 2240. The van der Waals surface area contributed by atoms with Gasteiger partial charge in [-0.05, 0) is 87.8 Å². The monoisotopic (exact) mass is 782 g/mol. The zero-order valence-corrected chi connectivity index (χ0v) is 32.1. The minimum Gasteiger partial charge on any atom is -0.356 e. The molecule has 2 amide bonds. The van der Waals surface area contributed by atoms with Crippen LogP contribution in [-0.2, 0) is 11.3 Å². The van der Waals surface area contributed by atoms with E-state index in [1.54, 1.807) is 30.7 Å². The van der Waals surface area contributed by atoms with Crippen molar-refractivity contribution in [2.24, 2.45) is 0 Å². The number of halogens is 3. The number of rotatable bonds is 9. The molecule has 5 heterocycles. The highest BCUT2D eigenvalue weighted by atomic mass is 35.5. The fourth-order valence-electron chi connectivity index (χ4n) is 7.15. The first-order chi connectivity index (χ1) is 26.3. The smallest absolute Gasteiger partial charge is 0.272 e. The Morgan fingerprint density at radius 2 is 1.65 bits per heavy atom. The molecule has 6 aromatic rings. The Hall–Kier alpha value is -4.87. The van der Waals surface area contributed by atoms with Gasteiger partial charge in [0.2, 0.25) is 6.41 Å². The Morgan fingerprint density at radius 3 is 2.35 bits per heavy atom. The summed E-state index contributed by atoms with van der Waals surface area (Å²) in [5.74, 6) is 0.323. The van der Waals surface area contributed by atoms with Crippen LogP contribution in [0.3, 0.4) is 0 Å². The van der Waals surface area contributed by atoms with Gasteiger partial charge in [0.25, 0.3) is 5.91 Å². The zero-order valence-electron chi connectivity index (χ0n) is 29.9. The Labute approximate surface area is 329 Å². The van der Waals surface area contributed by atoms with E-state index in [0.29, 0.717) is 68.7 Å². The van der Waals surface area contributed by atoms with E-state index in [1.165, 1.54) is 25.9 Å². The lowest BCUT2D eigenvalue weighted by atomic mass is 10.0. The summed E-state index contributed by atoms with van der Waals surface area (Å²) in [5, 5.41) is 8.43. The molecule has 3 N–H and O–H groups in total. The van der Waals surface area contributed by atoms with Crippen molar-refractivity contribution in [1.29, 1.82) is 0 Å². The minimum absolute atomic E-state index is 0.118. The van der Waals surface area contributed by atoms with Crippen LogP contribution >= 0.6 is 34.8 Å². The van der Waals surface area contributed by atoms with Gasteiger partial charge in [-0.2, -0.15) is 0 Å². The average Bonchev–Trinajstić information content (AvgIpc) is 3.92. The minimum atomic E-state index is -0.347. The molecular formula is C41H41Cl3N8O2. The number of pyridine rings is 1. The highest BCUT2D eigenvalue weighted by molar-refractivity contribution is 6.35. The predicted octanol–water partition coefficient (Wildman–Crippen LogP) is 8.78. The summed E-state index contributed by atoms with van der Waals surface area (Å²) >= 11 is 19.3. The van der Waals surface area contributed by atoms with Crippen LogP contribution in [0.5, 0.6) is 0 Å². The number of aromatic amines is 1. The molecule has 10 nitrogen and oxygen atoms in total. The first-order valence-corrected chi connectivity index (χ1v) is 19.2. The van der Waals surface area contributed by atoms with Crippen LogP contribution in [0.25, 0.3) is 33.4 Å². The fourth-order valence-corrected chi connectivity index (χ4v) is 7.79. The van der Waals surface area contributed by atoms with E-state index in [9.17, 15) is 9.59 Å². The van der Waals surface area contributed by atoms with E-state index in [1.807, 2.05) is 65.2 Å². The molecular weight excluding hydrogens is 743 g/mol. The summed E-state index contributed by atoms with van der Waals surface area (Å²) in [4.78, 5) is 42.7. The van der Waals surface area contributed by atoms with Crippen LogP contribution in [0, 0.1) is 0 Å². The number of piperidine rings is 1. The number of nitrogens with one attached hydrogen (secondary N) is 3. The second kappa shape index (κ2) is 17.1. The van der Waals surface area contributed by atoms with E-state index in [2.05, 4.69) is 37.4 Å². The molecule has 0 aliphatic carbocycles. The number of carbonyl (C=O) groups is 2. The molecule has 3 aromatic carbocycles. The molecule has 278 valence electrons. The Morgan fingerprint density at radius 1 is 0.907 bits per heavy atom. The molecule has 13 heteroatoms. The maximum atomic E-state index is 14.4. The van der Waals surface area contributed by atoms with E-state index in [4.69, 9.17) is 39.8 Å². The van der Waals surface area contributed by atoms with Crippen molar-refractivity contribution in [3.8, 4) is 22.5 Å². The summed E-state index contributed by atoms with van der Waals surface area (Å²) in [7, 11) is 2.17. The van der Waals surface area contributed by atoms with E-state index >= 15 is 0 Å². The normalized spacial score (nSPS) is 14.9. The van der Waals surface area contributed by atoms with Crippen LogP contribution in [0.15, 0.2) is 91.4 Å². The van der Waals surface area contributed by atoms with E-state index in [-0.39, 0.29) is 11.9 Å². The number of fused-ring (bicyclic) bond motifs is 1. The van der Waals surface area contributed by atoms with Crippen molar-refractivity contribution in [3.05, 3.63) is 118 Å². The number of likely N-dealkylation sites (tertiary alicyclic amines) is 1. The third kappa shape index (κ3) is 8.42. The number of imidazole rings is 1. The van der Waals surface area contributed by atoms with Gasteiger partial charge in [0.1, 0.15) is 5.69 Å². The maximum Gasteiger partial charge on any atom is 0.272 e. The van der Waals surface area contributed by atoms with Gasteiger partial charge in [0.15, 0.2) is 5.82 Å². The van der Waals surface area contributed by atoms with Crippen LogP contribution < -0.4 is 15.5 Å². The fraction of sp³-hybridized carbons (Fsp3) is 0.268. The number of carbonyl (C=O) groups excluding carboxylic acids is 2. The lowest BCUT2D eigenvalue weighted by Crippen LogP contribution is -2.42. The number of aromatic nitrogens is 4. The summed E-state index contributed by atoms with van der Waals surface area (Å²) in [6.07, 6.45) is 8.61. The van der Waals surface area contributed by atoms with Crippen LogP contribution in [-0.4, -0.2) is 76.0 Å². The van der Waals surface area contributed by atoms with Gasteiger partial charge in [0.05, 0.1) is 29.9 Å². The lowest BCUT2D eigenvalue weighted by molar-refractivity contribution is -0.110. The molecule has 8 rings (SSSR count). The summed E-state index contributed by atoms with van der Waals surface area (Å²) < 4.78 is 2.00. The summed E-state index contributed by atoms with van der Waals surface area (Å²) in [6, 6.07) is 24.5. The van der Waals surface area contributed by atoms with Gasteiger partial charge in [-0.1, -0.05) is 77.3 Å². The van der Waals surface area contributed by atoms with E-state index < -0.39 is 0 Å². The van der Waals surface area contributed by atoms with Gasteiger partial charge >= 0.3 is 0 Å². The molecule has 0 radical (unpaired) electrons. The molecule has 2 saturated heterocycles. The molecule has 0 bridgehead atoms. The van der Waals surface area contributed by atoms with Gasteiger partial charge in [0, 0.05) is 62.4 Å². The van der Waals surface area contributed by atoms with Crippen LogP contribution in [0.1, 0.15) is 41.7 Å². The van der Waals surface area contributed by atoms with Crippen molar-refractivity contribution in [3.63, 3.8) is 0 Å².